The van der Waals surface area contributed by atoms with E-state index in [9.17, 15) is 9.59 Å². The van der Waals surface area contributed by atoms with Gasteiger partial charge in [0, 0.05) is 0 Å². The lowest BCUT2D eigenvalue weighted by molar-refractivity contribution is 0.133. The van der Waals surface area contributed by atoms with Crippen LogP contribution in [0.2, 0.25) is 0 Å². The van der Waals surface area contributed by atoms with Gasteiger partial charge in [-0.05, 0) is 29.9 Å². The second-order valence-corrected chi connectivity index (χ2v) is 6.46. The molecule has 1 atom stereocenters. The number of carbonyl (C=O) groups is 1. The molecular formula is C18H18N2O4S. The summed E-state index contributed by atoms with van der Waals surface area (Å²) < 4.78 is 10.5. The van der Waals surface area contributed by atoms with Crippen molar-refractivity contribution in [2.24, 2.45) is 0 Å². The van der Waals surface area contributed by atoms with Crippen LogP contribution in [-0.4, -0.2) is 11.1 Å². The van der Waals surface area contributed by atoms with Crippen LogP contribution < -0.4 is 10.9 Å². The van der Waals surface area contributed by atoms with Gasteiger partial charge in [-0.3, -0.25) is 0 Å². The number of fused-ring (bicyclic) bond motifs is 1. The van der Waals surface area contributed by atoms with E-state index in [4.69, 9.17) is 9.15 Å². The molecule has 2 heterocycles. The van der Waals surface area contributed by atoms with Crippen LogP contribution in [0, 0.1) is 6.92 Å². The first-order valence-corrected chi connectivity index (χ1v) is 8.82. The van der Waals surface area contributed by atoms with Crippen LogP contribution >= 0.6 is 11.3 Å². The van der Waals surface area contributed by atoms with Crippen LogP contribution in [0.1, 0.15) is 36.4 Å². The highest BCUT2D eigenvalue weighted by Crippen LogP contribution is 2.23. The fourth-order valence-corrected chi connectivity index (χ4v) is 3.34. The Morgan fingerprint density at radius 1 is 1.36 bits per heavy atom. The van der Waals surface area contributed by atoms with Crippen LogP contribution in [0.15, 0.2) is 44.9 Å². The van der Waals surface area contributed by atoms with Crippen molar-refractivity contribution in [1.82, 2.24) is 10.3 Å². The lowest BCUT2D eigenvalue weighted by Crippen LogP contribution is -2.30. The summed E-state index contributed by atoms with van der Waals surface area (Å²) in [6.45, 7) is 3.88. The molecule has 0 aliphatic heterocycles. The topological polar surface area (TPSA) is 81.4 Å². The Hall–Kier alpha value is -2.67. The molecule has 3 rings (SSSR count). The van der Waals surface area contributed by atoms with Crippen LogP contribution in [0.4, 0.5) is 4.79 Å². The van der Waals surface area contributed by atoms with Gasteiger partial charge < -0.3 is 14.5 Å². The number of nitrogens with zero attached hydrogens (tertiary/aromatic N) is 1. The summed E-state index contributed by atoms with van der Waals surface area (Å²) in [6.07, 6.45) is -0.0608. The molecule has 25 heavy (non-hydrogen) atoms. The van der Waals surface area contributed by atoms with Gasteiger partial charge in [-0.2, -0.15) is 0 Å². The third-order valence-electron chi connectivity index (χ3n) is 3.78. The van der Waals surface area contributed by atoms with E-state index >= 15 is 0 Å². The van der Waals surface area contributed by atoms with Gasteiger partial charge in [0.05, 0.1) is 5.39 Å². The summed E-state index contributed by atoms with van der Waals surface area (Å²) in [5.74, 6) is 0.193. The molecule has 0 radical (unpaired) electrons. The molecule has 7 heteroatoms. The predicted molar refractivity (Wildman–Crippen MR) is 95.7 cm³/mol. The van der Waals surface area contributed by atoms with Gasteiger partial charge in [0.2, 0.25) is 5.89 Å². The molecule has 0 bridgehead atoms. The summed E-state index contributed by atoms with van der Waals surface area (Å²) >= 11 is 1.38. The molecule has 0 unspecified atom stereocenters. The number of benzene rings is 1. The highest BCUT2D eigenvalue weighted by Gasteiger charge is 2.20. The fraction of sp³-hybridized carbons (Fsp3) is 0.278. The zero-order chi connectivity index (χ0) is 17.8. The first-order chi connectivity index (χ1) is 12.1. The minimum absolute atomic E-state index is 0.170. The van der Waals surface area contributed by atoms with Crippen molar-refractivity contribution in [2.75, 3.05) is 0 Å². The average Bonchev–Trinajstić information content (AvgIpc) is 3.00. The van der Waals surface area contributed by atoms with Crippen molar-refractivity contribution >= 4 is 27.6 Å². The number of aromatic nitrogens is 1. The Morgan fingerprint density at radius 3 is 2.84 bits per heavy atom. The molecule has 0 aliphatic rings. The maximum absolute atomic E-state index is 12.2. The lowest BCUT2D eigenvalue weighted by atomic mass is 10.2. The van der Waals surface area contributed by atoms with Gasteiger partial charge in [0.25, 0.3) is 0 Å². The summed E-state index contributed by atoms with van der Waals surface area (Å²) in [4.78, 5) is 29.2. The average molecular weight is 358 g/mol. The van der Waals surface area contributed by atoms with E-state index in [1.54, 1.807) is 0 Å². The van der Waals surface area contributed by atoms with E-state index in [2.05, 4.69) is 10.3 Å². The van der Waals surface area contributed by atoms with Crippen molar-refractivity contribution in [1.29, 1.82) is 0 Å². The number of carbonyl (C=O) groups excluding carboxylic acids is 1. The number of hydrogen-bond acceptors (Lipinski definition) is 6. The Kier molecular flexibility index (Phi) is 5.14. The molecule has 0 aliphatic carbocycles. The second-order valence-electron chi connectivity index (χ2n) is 5.61. The summed E-state index contributed by atoms with van der Waals surface area (Å²) in [7, 11) is 0. The zero-order valence-electron chi connectivity index (χ0n) is 13.9. The number of rotatable bonds is 5. The number of hydrogen-bond donors (Lipinski definition) is 1. The molecule has 1 amide bonds. The molecule has 1 aromatic carbocycles. The van der Waals surface area contributed by atoms with Gasteiger partial charge in [-0.1, -0.05) is 37.3 Å². The van der Waals surface area contributed by atoms with E-state index in [1.807, 2.05) is 49.6 Å². The Bertz CT molecular complexity index is 933. The first-order valence-electron chi connectivity index (χ1n) is 7.94. The van der Waals surface area contributed by atoms with Crippen LogP contribution in [-0.2, 0) is 11.3 Å². The minimum atomic E-state index is -0.581. The van der Waals surface area contributed by atoms with Gasteiger partial charge in [0.15, 0.2) is 0 Å². The predicted octanol–water partition coefficient (Wildman–Crippen LogP) is 3.94. The fourth-order valence-electron chi connectivity index (χ4n) is 2.42. The van der Waals surface area contributed by atoms with Crippen molar-refractivity contribution in [3.63, 3.8) is 0 Å². The van der Waals surface area contributed by atoms with Crippen molar-refractivity contribution in [3.8, 4) is 0 Å². The summed E-state index contributed by atoms with van der Waals surface area (Å²) in [5, 5.41) is 5.06. The molecule has 0 spiro atoms. The zero-order valence-corrected chi connectivity index (χ0v) is 14.8. The summed E-state index contributed by atoms with van der Waals surface area (Å²) in [6, 6.07) is 8.87. The van der Waals surface area contributed by atoms with Gasteiger partial charge in [-0.15, -0.1) is 11.3 Å². The molecule has 3 aromatic rings. The molecule has 0 saturated heterocycles. The largest absolute Gasteiger partial charge is 0.445 e. The maximum Gasteiger partial charge on any atom is 0.408 e. The maximum atomic E-state index is 12.2. The Balaban J connectivity index is 1.72. The standard InChI is InChI=1S/C18H18N2O4S/c1-3-13(19-18(22)23-9-12-7-5-4-6-8-12)15-20-16-14(17(21)24-15)11(2)10-25-16/h4-8,10,13H,3,9H2,1-2H3,(H,19,22)/t13-/m0/s1. The summed E-state index contributed by atoms with van der Waals surface area (Å²) in [5.41, 5.74) is 1.30. The lowest BCUT2D eigenvalue weighted by Gasteiger charge is -2.15. The van der Waals surface area contributed by atoms with Gasteiger partial charge in [-0.25, -0.2) is 14.6 Å². The highest BCUT2D eigenvalue weighted by molar-refractivity contribution is 7.16. The SMILES string of the molecule is CC[C@H](NC(=O)OCc1ccccc1)c1nc2scc(C)c2c(=O)o1. The van der Waals surface area contributed by atoms with E-state index < -0.39 is 17.8 Å². The van der Waals surface area contributed by atoms with Crippen molar-refractivity contribution in [2.45, 2.75) is 32.9 Å². The third-order valence-corrected chi connectivity index (χ3v) is 4.77. The van der Waals surface area contributed by atoms with Gasteiger partial charge >= 0.3 is 11.7 Å². The number of aryl methyl sites for hydroxylation is 1. The molecule has 2 aromatic heterocycles. The molecule has 0 fully saturated rings. The van der Waals surface area contributed by atoms with Crippen LogP contribution in [0.3, 0.4) is 0 Å². The van der Waals surface area contributed by atoms with Crippen LogP contribution in [0.5, 0.6) is 0 Å². The van der Waals surface area contributed by atoms with E-state index in [1.165, 1.54) is 11.3 Å². The first kappa shape index (κ1) is 17.2. The Labute approximate surface area is 148 Å². The van der Waals surface area contributed by atoms with E-state index in [0.29, 0.717) is 16.6 Å². The van der Waals surface area contributed by atoms with E-state index in [0.717, 1.165) is 11.1 Å². The number of amides is 1. The molecule has 130 valence electrons. The highest BCUT2D eigenvalue weighted by atomic mass is 32.1. The quantitative estimate of drug-likeness (QED) is 0.747. The van der Waals surface area contributed by atoms with Crippen molar-refractivity contribution < 1.29 is 13.9 Å². The Morgan fingerprint density at radius 2 is 2.12 bits per heavy atom. The second kappa shape index (κ2) is 7.48. The van der Waals surface area contributed by atoms with E-state index in [-0.39, 0.29) is 12.5 Å². The van der Waals surface area contributed by atoms with Gasteiger partial charge in [0.1, 0.15) is 17.5 Å². The smallest absolute Gasteiger partial charge is 0.408 e. The molecule has 6 nitrogen and oxygen atoms in total. The number of nitrogens with one attached hydrogen (secondary N) is 1. The third kappa shape index (κ3) is 3.88. The monoisotopic (exact) mass is 358 g/mol. The van der Waals surface area contributed by atoms with Crippen molar-refractivity contribution in [3.05, 3.63) is 63.1 Å². The molecule has 0 saturated carbocycles. The number of alkyl carbamates (subject to hydrolysis) is 1. The van der Waals surface area contributed by atoms with Crippen LogP contribution in [0.25, 0.3) is 10.2 Å². The molecule has 1 N–H and O–H groups in total. The number of ether oxygens (including phenoxy) is 1. The minimum Gasteiger partial charge on any atom is -0.445 e. The normalized spacial score (nSPS) is 12.1. The number of thiophene rings is 1. The molecular weight excluding hydrogens is 340 g/mol.